The molecular weight excluding hydrogens is 252 g/mol. The fourth-order valence-corrected chi connectivity index (χ4v) is 2.22. The molecule has 92 valence electrons. The molecule has 0 saturated carbocycles. The average Bonchev–Trinajstić information content (AvgIpc) is 2.85. The summed E-state index contributed by atoms with van der Waals surface area (Å²) < 4.78 is 5.47. The van der Waals surface area contributed by atoms with Crippen molar-refractivity contribution >= 4 is 23.6 Å². The van der Waals surface area contributed by atoms with Gasteiger partial charge in [0.05, 0.1) is 0 Å². The van der Waals surface area contributed by atoms with Crippen molar-refractivity contribution in [3.63, 3.8) is 0 Å². The number of rotatable bonds is 5. The quantitative estimate of drug-likeness (QED) is 0.841. The summed E-state index contributed by atoms with van der Waals surface area (Å²) in [5.74, 6) is -0.410. The van der Waals surface area contributed by atoms with Crippen LogP contribution in [0.15, 0.2) is 35.7 Å². The van der Waals surface area contributed by atoms with Crippen LogP contribution in [0.3, 0.4) is 0 Å². The summed E-state index contributed by atoms with van der Waals surface area (Å²) in [6.45, 7) is 0.174. The molecule has 0 amide bonds. The lowest BCUT2D eigenvalue weighted by Gasteiger charge is -2.06. The van der Waals surface area contributed by atoms with E-state index in [1.54, 1.807) is 35.7 Å². The van der Waals surface area contributed by atoms with Gasteiger partial charge in [0.25, 0.3) is 0 Å². The Morgan fingerprint density at radius 3 is 2.94 bits per heavy atom. The van der Waals surface area contributed by atoms with Gasteiger partial charge in [-0.1, -0.05) is 12.1 Å². The van der Waals surface area contributed by atoms with Crippen LogP contribution in [0, 0.1) is 0 Å². The van der Waals surface area contributed by atoms with Crippen molar-refractivity contribution < 1.29 is 19.4 Å². The second-order valence-corrected chi connectivity index (χ2v) is 4.48. The van der Waals surface area contributed by atoms with Crippen LogP contribution in [0.4, 0.5) is 0 Å². The lowest BCUT2D eigenvalue weighted by Crippen LogP contribution is -2.01. The van der Waals surface area contributed by atoms with Gasteiger partial charge < -0.3 is 9.84 Å². The highest BCUT2D eigenvalue weighted by Gasteiger charge is 2.11. The van der Waals surface area contributed by atoms with Gasteiger partial charge in [0.2, 0.25) is 0 Å². The monoisotopic (exact) mass is 262 g/mol. The van der Waals surface area contributed by atoms with E-state index in [9.17, 15) is 9.59 Å². The topological polar surface area (TPSA) is 63.6 Å². The molecule has 2 rings (SSSR count). The molecule has 0 aliphatic carbocycles. The van der Waals surface area contributed by atoms with Gasteiger partial charge in [-0.2, -0.15) is 0 Å². The van der Waals surface area contributed by atoms with Gasteiger partial charge in [0.15, 0.2) is 0 Å². The Morgan fingerprint density at radius 1 is 1.39 bits per heavy atom. The van der Waals surface area contributed by atoms with Crippen molar-refractivity contribution in [2.75, 3.05) is 0 Å². The summed E-state index contributed by atoms with van der Waals surface area (Å²) in [7, 11) is 0. The Balaban J connectivity index is 2.09. The molecule has 0 aliphatic rings. The van der Waals surface area contributed by atoms with E-state index in [1.807, 2.05) is 0 Å². The van der Waals surface area contributed by atoms with Crippen LogP contribution >= 0.6 is 11.3 Å². The molecule has 18 heavy (non-hydrogen) atoms. The smallest absolute Gasteiger partial charge is 0.346 e. The van der Waals surface area contributed by atoms with E-state index in [0.717, 1.165) is 17.6 Å². The maximum absolute atomic E-state index is 10.9. The van der Waals surface area contributed by atoms with E-state index in [2.05, 4.69) is 0 Å². The van der Waals surface area contributed by atoms with E-state index < -0.39 is 5.97 Å². The molecule has 0 atom stereocenters. The third-order valence-corrected chi connectivity index (χ3v) is 3.27. The molecule has 0 spiro atoms. The third-order valence-electron chi connectivity index (χ3n) is 2.33. The first-order chi connectivity index (χ1) is 8.70. The normalized spacial score (nSPS) is 10.0. The highest BCUT2D eigenvalue weighted by Crippen LogP contribution is 2.20. The van der Waals surface area contributed by atoms with Gasteiger partial charge in [-0.25, -0.2) is 4.79 Å². The van der Waals surface area contributed by atoms with Crippen LogP contribution < -0.4 is 4.74 Å². The lowest BCUT2D eigenvalue weighted by molar-refractivity contribution is 0.0699. The van der Waals surface area contributed by atoms with Crippen LogP contribution in [0.5, 0.6) is 5.75 Å². The van der Waals surface area contributed by atoms with Gasteiger partial charge >= 0.3 is 5.97 Å². The molecule has 4 nitrogen and oxygen atoms in total. The molecule has 0 unspecified atom stereocenters. The second-order valence-electron chi connectivity index (χ2n) is 3.56. The number of carboxylic acid groups (broad SMARTS) is 1. The van der Waals surface area contributed by atoms with Crippen molar-refractivity contribution in [3.05, 3.63) is 51.7 Å². The fraction of sp³-hybridized carbons (Fsp3) is 0.0769. The highest BCUT2D eigenvalue weighted by atomic mass is 32.1. The summed E-state index contributed by atoms with van der Waals surface area (Å²) in [5, 5.41) is 10.7. The first kappa shape index (κ1) is 12.3. The first-order valence-electron chi connectivity index (χ1n) is 5.18. The first-order valence-corrected chi connectivity index (χ1v) is 6.06. The summed E-state index contributed by atoms with van der Waals surface area (Å²) in [6, 6.07) is 8.44. The predicted octanol–water partition coefficient (Wildman–Crippen LogP) is 2.84. The molecule has 1 N–H and O–H groups in total. The molecular formula is C13H10O4S. The van der Waals surface area contributed by atoms with E-state index >= 15 is 0 Å². The van der Waals surface area contributed by atoms with Gasteiger partial charge in [0.1, 0.15) is 23.5 Å². The highest BCUT2D eigenvalue weighted by molar-refractivity contribution is 7.12. The van der Waals surface area contributed by atoms with Crippen molar-refractivity contribution in [1.29, 1.82) is 0 Å². The molecule has 0 saturated heterocycles. The maximum Gasteiger partial charge on any atom is 0.346 e. The van der Waals surface area contributed by atoms with Crippen LogP contribution in [0.1, 0.15) is 25.6 Å². The van der Waals surface area contributed by atoms with Gasteiger partial charge in [-0.15, -0.1) is 11.3 Å². The summed E-state index contributed by atoms with van der Waals surface area (Å²) in [4.78, 5) is 21.8. The van der Waals surface area contributed by atoms with Crippen molar-refractivity contribution in [1.82, 2.24) is 0 Å². The number of carbonyl (C=O) groups is 2. The Kier molecular flexibility index (Phi) is 3.74. The zero-order valence-corrected chi connectivity index (χ0v) is 10.1. The summed E-state index contributed by atoms with van der Waals surface area (Å²) in [6.07, 6.45) is 0.736. The standard InChI is InChI=1S/C13H10O4S/c14-7-9-2-1-3-11(6-9)17-8-10-4-5-18-12(10)13(15)16/h1-7H,8H2,(H,15,16). The van der Waals surface area contributed by atoms with Crippen molar-refractivity contribution in [2.24, 2.45) is 0 Å². The molecule has 1 aromatic carbocycles. The molecule has 0 bridgehead atoms. The number of thiophene rings is 1. The van der Waals surface area contributed by atoms with E-state index in [1.165, 1.54) is 0 Å². The van der Waals surface area contributed by atoms with Crippen LogP contribution in [0.2, 0.25) is 0 Å². The predicted molar refractivity (Wildman–Crippen MR) is 67.4 cm³/mol. The minimum Gasteiger partial charge on any atom is -0.489 e. The fourth-order valence-electron chi connectivity index (χ4n) is 1.48. The SMILES string of the molecule is O=Cc1cccc(OCc2ccsc2C(=O)O)c1. The zero-order valence-electron chi connectivity index (χ0n) is 9.33. The Bertz CT molecular complexity index is 574. The number of carboxylic acids is 1. The lowest BCUT2D eigenvalue weighted by atomic mass is 10.2. The molecule has 5 heteroatoms. The van der Waals surface area contributed by atoms with E-state index in [-0.39, 0.29) is 11.5 Å². The minimum atomic E-state index is -0.953. The van der Waals surface area contributed by atoms with Crippen LogP contribution in [0.25, 0.3) is 0 Å². The summed E-state index contributed by atoms with van der Waals surface area (Å²) >= 11 is 1.16. The zero-order chi connectivity index (χ0) is 13.0. The number of carbonyl (C=O) groups excluding carboxylic acids is 1. The molecule has 0 radical (unpaired) electrons. The van der Waals surface area contributed by atoms with Crippen LogP contribution in [-0.4, -0.2) is 17.4 Å². The van der Waals surface area contributed by atoms with Crippen molar-refractivity contribution in [2.45, 2.75) is 6.61 Å². The molecule has 0 fully saturated rings. The number of aromatic carboxylic acids is 1. The largest absolute Gasteiger partial charge is 0.489 e. The van der Waals surface area contributed by atoms with Gasteiger partial charge in [0, 0.05) is 11.1 Å². The Hall–Kier alpha value is -2.14. The van der Waals surface area contributed by atoms with Gasteiger partial charge in [-0.05, 0) is 23.6 Å². The second kappa shape index (κ2) is 5.46. The third kappa shape index (κ3) is 2.75. The number of hydrogen-bond donors (Lipinski definition) is 1. The Labute approximate surface area is 107 Å². The average molecular weight is 262 g/mol. The number of ether oxygens (including phenoxy) is 1. The van der Waals surface area contributed by atoms with Crippen LogP contribution in [-0.2, 0) is 6.61 Å². The number of aldehydes is 1. The van der Waals surface area contributed by atoms with E-state index in [0.29, 0.717) is 16.9 Å². The number of benzene rings is 1. The minimum absolute atomic E-state index is 0.174. The van der Waals surface area contributed by atoms with Crippen molar-refractivity contribution in [3.8, 4) is 5.75 Å². The molecule has 1 heterocycles. The summed E-state index contributed by atoms with van der Waals surface area (Å²) in [5.41, 5.74) is 1.15. The Morgan fingerprint density at radius 2 is 2.22 bits per heavy atom. The molecule has 2 aromatic rings. The van der Waals surface area contributed by atoms with E-state index in [4.69, 9.17) is 9.84 Å². The molecule has 1 aromatic heterocycles. The maximum atomic E-state index is 10.9. The number of hydrogen-bond acceptors (Lipinski definition) is 4. The molecule has 0 aliphatic heterocycles. The van der Waals surface area contributed by atoms with Gasteiger partial charge in [-0.3, -0.25) is 4.79 Å².